The first kappa shape index (κ1) is 14.4. The largest absolute Gasteiger partial charge is 0.323 e. The van der Waals surface area contributed by atoms with E-state index in [0.717, 1.165) is 10.8 Å². The van der Waals surface area contributed by atoms with E-state index in [-0.39, 0.29) is 10.7 Å². The second-order valence-corrected chi connectivity index (χ2v) is 5.14. The number of urea groups is 1. The normalized spacial score (nSPS) is 10.5. The van der Waals surface area contributed by atoms with Gasteiger partial charge < -0.3 is 10.6 Å². The number of benzene rings is 3. The molecular weight excluding hydrogens is 303 g/mol. The van der Waals surface area contributed by atoms with E-state index in [2.05, 4.69) is 10.6 Å². The smallest absolute Gasteiger partial charge is 0.308 e. The van der Waals surface area contributed by atoms with E-state index in [4.69, 9.17) is 11.6 Å². The molecule has 0 saturated carbocycles. The van der Waals surface area contributed by atoms with Crippen molar-refractivity contribution in [3.8, 4) is 0 Å². The molecule has 5 heteroatoms. The van der Waals surface area contributed by atoms with Crippen LogP contribution in [0.25, 0.3) is 10.8 Å². The fourth-order valence-corrected chi connectivity index (χ4v) is 2.37. The highest BCUT2D eigenvalue weighted by Gasteiger charge is 2.10. The van der Waals surface area contributed by atoms with Gasteiger partial charge in [0.05, 0.1) is 10.7 Å². The molecule has 0 aromatic heterocycles. The van der Waals surface area contributed by atoms with Crippen LogP contribution in [0.5, 0.6) is 0 Å². The second-order valence-electron chi connectivity index (χ2n) is 4.74. The molecule has 22 heavy (non-hydrogen) atoms. The van der Waals surface area contributed by atoms with Gasteiger partial charge in [-0.2, -0.15) is 0 Å². The number of halogens is 2. The Hall–Kier alpha value is -2.59. The summed E-state index contributed by atoms with van der Waals surface area (Å²) in [6.07, 6.45) is 0. The Balaban J connectivity index is 1.78. The zero-order valence-corrected chi connectivity index (χ0v) is 12.2. The Bertz CT molecular complexity index is 831. The Morgan fingerprint density at radius 2 is 1.68 bits per heavy atom. The van der Waals surface area contributed by atoms with Crippen molar-refractivity contribution in [3.63, 3.8) is 0 Å². The molecule has 0 bridgehead atoms. The highest BCUT2D eigenvalue weighted by molar-refractivity contribution is 6.33. The maximum absolute atomic E-state index is 13.6. The summed E-state index contributed by atoms with van der Waals surface area (Å²) in [7, 11) is 0. The Kier molecular flexibility index (Phi) is 3.94. The van der Waals surface area contributed by atoms with Crippen molar-refractivity contribution < 1.29 is 9.18 Å². The van der Waals surface area contributed by atoms with Crippen molar-refractivity contribution in [1.29, 1.82) is 0 Å². The minimum absolute atomic E-state index is 0.0394. The van der Waals surface area contributed by atoms with Crippen LogP contribution in [0.2, 0.25) is 5.02 Å². The number of carbonyl (C=O) groups excluding carboxylic acids is 1. The zero-order chi connectivity index (χ0) is 15.5. The van der Waals surface area contributed by atoms with Crippen LogP contribution in [0.3, 0.4) is 0 Å². The van der Waals surface area contributed by atoms with Crippen LogP contribution in [-0.2, 0) is 0 Å². The Labute approximate surface area is 131 Å². The molecule has 3 aromatic rings. The van der Waals surface area contributed by atoms with Gasteiger partial charge in [-0.1, -0.05) is 48.0 Å². The molecule has 0 unspecified atom stereocenters. The number of rotatable bonds is 2. The van der Waals surface area contributed by atoms with Gasteiger partial charge in [0.2, 0.25) is 0 Å². The van der Waals surface area contributed by atoms with Gasteiger partial charge in [-0.05, 0) is 35.0 Å². The summed E-state index contributed by atoms with van der Waals surface area (Å²) in [5, 5.41) is 7.31. The molecular formula is C17H12ClFN2O. The number of fused-ring (bicyclic) bond motifs is 1. The number of anilines is 2. The van der Waals surface area contributed by atoms with Gasteiger partial charge in [0.15, 0.2) is 0 Å². The average molecular weight is 315 g/mol. The second kappa shape index (κ2) is 6.03. The molecule has 3 aromatic carbocycles. The summed E-state index contributed by atoms with van der Waals surface area (Å²) in [5.41, 5.74) is 0.575. The summed E-state index contributed by atoms with van der Waals surface area (Å²) in [6.45, 7) is 0. The average Bonchev–Trinajstić information content (AvgIpc) is 2.51. The fraction of sp³-hybridized carbons (Fsp3) is 0. The van der Waals surface area contributed by atoms with E-state index in [1.807, 2.05) is 36.4 Å². The van der Waals surface area contributed by atoms with Crippen molar-refractivity contribution in [3.05, 3.63) is 71.5 Å². The Morgan fingerprint density at radius 3 is 2.45 bits per heavy atom. The maximum atomic E-state index is 13.6. The van der Waals surface area contributed by atoms with Gasteiger partial charge in [0.25, 0.3) is 0 Å². The van der Waals surface area contributed by atoms with Gasteiger partial charge in [-0.25, -0.2) is 9.18 Å². The molecule has 2 N–H and O–H groups in total. The third kappa shape index (κ3) is 3.02. The van der Waals surface area contributed by atoms with E-state index in [1.54, 1.807) is 6.07 Å². The van der Waals surface area contributed by atoms with Crippen LogP contribution in [0.4, 0.5) is 20.6 Å². The van der Waals surface area contributed by atoms with Crippen molar-refractivity contribution in [1.82, 2.24) is 0 Å². The van der Waals surface area contributed by atoms with E-state index in [9.17, 15) is 9.18 Å². The van der Waals surface area contributed by atoms with E-state index in [1.165, 1.54) is 18.2 Å². The van der Waals surface area contributed by atoms with E-state index < -0.39 is 11.8 Å². The van der Waals surface area contributed by atoms with Crippen molar-refractivity contribution in [2.75, 3.05) is 10.6 Å². The number of para-hydroxylation sites is 1. The fourth-order valence-electron chi connectivity index (χ4n) is 2.16. The van der Waals surface area contributed by atoms with Gasteiger partial charge in [0, 0.05) is 5.69 Å². The van der Waals surface area contributed by atoms with Gasteiger partial charge in [-0.3, -0.25) is 0 Å². The third-order valence-corrected chi connectivity index (χ3v) is 3.52. The lowest BCUT2D eigenvalue weighted by atomic mass is 10.1. The number of hydrogen-bond acceptors (Lipinski definition) is 1. The molecule has 0 aliphatic carbocycles. The van der Waals surface area contributed by atoms with Crippen molar-refractivity contribution in [2.45, 2.75) is 0 Å². The molecule has 0 spiro atoms. The Morgan fingerprint density at radius 1 is 0.909 bits per heavy atom. The number of amides is 2. The first-order valence-corrected chi connectivity index (χ1v) is 7.02. The predicted octanol–water partition coefficient (Wildman–Crippen LogP) is 5.28. The summed E-state index contributed by atoms with van der Waals surface area (Å²) in [5.74, 6) is -0.582. The monoisotopic (exact) mass is 314 g/mol. The van der Waals surface area contributed by atoms with E-state index in [0.29, 0.717) is 5.69 Å². The molecule has 0 atom stereocenters. The minimum atomic E-state index is -0.582. The quantitative estimate of drug-likeness (QED) is 0.664. The first-order chi connectivity index (χ1) is 10.6. The van der Waals surface area contributed by atoms with Crippen LogP contribution in [0.15, 0.2) is 60.7 Å². The first-order valence-electron chi connectivity index (χ1n) is 6.64. The number of carbonyl (C=O) groups is 1. The van der Waals surface area contributed by atoms with Gasteiger partial charge >= 0.3 is 6.03 Å². The maximum Gasteiger partial charge on any atom is 0.323 e. The summed E-state index contributed by atoms with van der Waals surface area (Å²) < 4.78 is 13.6. The lowest BCUT2D eigenvalue weighted by Crippen LogP contribution is -2.20. The number of hydrogen-bond donors (Lipinski definition) is 2. The molecule has 0 saturated heterocycles. The molecule has 3 rings (SSSR count). The van der Waals surface area contributed by atoms with Crippen LogP contribution in [0, 0.1) is 5.82 Å². The molecule has 0 fully saturated rings. The molecule has 0 heterocycles. The highest BCUT2D eigenvalue weighted by Crippen LogP contribution is 2.25. The van der Waals surface area contributed by atoms with Crippen molar-refractivity contribution >= 4 is 39.8 Å². The minimum Gasteiger partial charge on any atom is -0.308 e. The molecule has 0 aliphatic heterocycles. The summed E-state index contributed by atoms with van der Waals surface area (Å²) in [4.78, 5) is 12.0. The molecule has 2 amide bonds. The summed E-state index contributed by atoms with van der Waals surface area (Å²) >= 11 is 5.87. The highest BCUT2D eigenvalue weighted by atomic mass is 35.5. The van der Waals surface area contributed by atoms with Gasteiger partial charge in [-0.15, -0.1) is 0 Å². The third-order valence-electron chi connectivity index (χ3n) is 3.21. The standard InChI is InChI=1S/C17H12ClFN2O/c18-14-6-3-7-15(19)16(14)21-17(22)20-13-9-8-11-4-1-2-5-12(11)10-13/h1-10H,(H2,20,21,22). The molecule has 0 aliphatic rings. The molecule has 110 valence electrons. The predicted molar refractivity (Wildman–Crippen MR) is 88.0 cm³/mol. The van der Waals surface area contributed by atoms with Crippen LogP contribution < -0.4 is 10.6 Å². The summed E-state index contributed by atoms with van der Waals surface area (Å²) in [6, 6.07) is 17.0. The van der Waals surface area contributed by atoms with E-state index >= 15 is 0 Å². The van der Waals surface area contributed by atoms with Crippen LogP contribution in [0.1, 0.15) is 0 Å². The van der Waals surface area contributed by atoms with Crippen molar-refractivity contribution in [2.24, 2.45) is 0 Å². The lowest BCUT2D eigenvalue weighted by Gasteiger charge is -2.10. The molecule has 3 nitrogen and oxygen atoms in total. The zero-order valence-electron chi connectivity index (χ0n) is 11.4. The van der Waals surface area contributed by atoms with Crippen LogP contribution in [-0.4, -0.2) is 6.03 Å². The SMILES string of the molecule is O=C(Nc1ccc2ccccc2c1)Nc1c(F)cccc1Cl. The van der Waals surface area contributed by atoms with Crippen LogP contribution >= 0.6 is 11.6 Å². The van der Waals surface area contributed by atoms with Gasteiger partial charge in [0.1, 0.15) is 5.82 Å². The molecule has 0 radical (unpaired) electrons. The lowest BCUT2D eigenvalue weighted by molar-refractivity contribution is 0.262. The number of nitrogens with one attached hydrogen (secondary N) is 2. The topological polar surface area (TPSA) is 41.1 Å².